The molecule has 0 heterocycles. The van der Waals surface area contributed by atoms with Crippen LogP contribution in [0.5, 0.6) is 0 Å². The van der Waals surface area contributed by atoms with Crippen LogP contribution in [0, 0.1) is 23.7 Å². The Hall–Kier alpha value is -0.0400. The highest BCUT2D eigenvalue weighted by molar-refractivity contribution is 5.04. The molecule has 3 atom stereocenters. The van der Waals surface area contributed by atoms with E-state index in [9.17, 15) is 0 Å². The Morgan fingerprint density at radius 1 is 1.08 bits per heavy atom. The Kier molecular flexibility index (Phi) is 2.64. The normalized spacial score (nSPS) is 40.2. The maximum absolute atomic E-state index is 3.52. The number of nitrogens with one attached hydrogen (secondary N) is 1. The molecule has 2 aliphatic rings. The Morgan fingerprint density at radius 2 is 1.62 bits per heavy atom. The molecule has 1 heteroatoms. The van der Waals surface area contributed by atoms with E-state index < -0.39 is 0 Å². The topological polar surface area (TPSA) is 12.0 Å². The summed E-state index contributed by atoms with van der Waals surface area (Å²) in [6.07, 6.45) is 6.01. The van der Waals surface area contributed by atoms with Crippen molar-refractivity contribution in [2.75, 3.05) is 7.05 Å². The Labute approximate surface area is 82.3 Å². The van der Waals surface area contributed by atoms with Crippen molar-refractivity contribution < 1.29 is 0 Å². The summed E-state index contributed by atoms with van der Waals surface area (Å²) in [7, 11) is 2.13. The molecule has 0 radical (unpaired) electrons. The van der Waals surface area contributed by atoms with Crippen molar-refractivity contribution in [2.45, 2.75) is 45.6 Å². The van der Waals surface area contributed by atoms with Crippen molar-refractivity contribution in [2.24, 2.45) is 23.7 Å². The Morgan fingerprint density at radius 3 is 2.00 bits per heavy atom. The maximum atomic E-state index is 3.52. The molecule has 1 nitrogen and oxygen atoms in total. The summed E-state index contributed by atoms with van der Waals surface area (Å²) in [6.45, 7) is 4.71. The van der Waals surface area contributed by atoms with Crippen LogP contribution in [0.2, 0.25) is 0 Å². The van der Waals surface area contributed by atoms with E-state index in [1.807, 2.05) is 0 Å². The van der Waals surface area contributed by atoms with Gasteiger partial charge in [-0.2, -0.15) is 0 Å². The monoisotopic (exact) mass is 181 g/mol. The van der Waals surface area contributed by atoms with Gasteiger partial charge in [0.1, 0.15) is 0 Å². The van der Waals surface area contributed by atoms with Crippen LogP contribution in [0.25, 0.3) is 0 Å². The minimum absolute atomic E-state index is 0.785. The number of hydrogen-bond donors (Lipinski definition) is 1. The first-order chi connectivity index (χ1) is 6.25. The molecular weight excluding hydrogens is 158 g/mol. The molecule has 0 amide bonds. The van der Waals surface area contributed by atoms with Gasteiger partial charge in [-0.25, -0.2) is 0 Å². The molecule has 2 saturated carbocycles. The molecule has 0 aromatic heterocycles. The molecule has 13 heavy (non-hydrogen) atoms. The van der Waals surface area contributed by atoms with Crippen molar-refractivity contribution in [1.29, 1.82) is 0 Å². The summed E-state index contributed by atoms with van der Waals surface area (Å²) in [5.74, 6) is 4.01. The second kappa shape index (κ2) is 3.61. The van der Waals surface area contributed by atoms with Crippen LogP contribution >= 0.6 is 0 Å². The molecule has 0 spiro atoms. The second-order valence-electron chi connectivity index (χ2n) is 5.25. The average Bonchev–Trinajstić information content (AvgIpc) is 2.81. The van der Waals surface area contributed by atoms with Crippen LogP contribution < -0.4 is 5.32 Å². The van der Waals surface area contributed by atoms with Gasteiger partial charge in [0.05, 0.1) is 0 Å². The van der Waals surface area contributed by atoms with E-state index in [2.05, 4.69) is 26.2 Å². The zero-order valence-electron chi connectivity index (χ0n) is 9.22. The van der Waals surface area contributed by atoms with E-state index in [1.54, 1.807) is 0 Å². The van der Waals surface area contributed by atoms with Crippen LogP contribution in [0.15, 0.2) is 0 Å². The van der Waals surface area contributed by atoms with Crippen LogP contribution in [0.4, 0.5) is 0 Å². The smallest absolute Gasteiger partial charge is 0.0121 e. The Bertz CT molecular complexity index is 164. The molecule has 0 aromatic carbocycles. The number of fused-ring (bicyclic) bond motifs is 1. The van der Waals surface area contributed by atoms with Gasteiger partial charge < -0.3 is 5.32 Å². The van der Waals surface area contributed by atoms with Crippen LogP contribution in [0.1, 0.15) is 39.5 Å². The van der Waals surface area contributed by atoms with E-state index >= 15 is 0 Å². The predicted molar refractivity (Wildman–Crippen MR) is 56.6 cm³/mol. The van der Waals surface area contributed by atoms with Crippen LogP contribution in [0.3, 0.4) is 0 Å². The van der Waals surface area contributed by atoms with Gasteiger partial charge in [-0.1, -0.05) is 26.7 Å². The molecular formula is C12H23N. The van der Waals surface area contributed by atoms with Crippen molar-refractivity contribution in [3.8, 4) is 0 Å². The quantitative estimate of drug-likeness (QED) is 0.706. The number of hydrogen-bond acceptors (Lipinski definition) is 1. The van der Waals surface area contributed by atoms with Gasteiger partial charge in [0, 0.05) is 6.04 Å². The first-order valence-corrected chi connectivity index (χ1v) is 5.93. The van der Waals surface area contributed by atoms with Crippen molar-refractivity contribution in [1.82, 2.24) is 5.32 Å². The zero-order valence-corrected chi connectivity index (χ0v) is 9.22. The molecule has 3 unspecified atom stereocenters. The molecule has 0 saturated heterocycles. The van der Waals surface area contributed by atoms with Gasteiger partial charge in [0.2, 0.25) is 0 Å². The second-order valence-corrected chi connectivity index (χ2v) is 5.25. The molecule has 0 bridgehead atoms. The van der Waals surface area contributed by atoms with E-state index in [1.165, 1.54) is 25.7 Å². The molecule has 0 aliphatic heterocycles. The fourth-order valence-electron chi connectivity index (χ4n) is 3.55. The lowest BCUT2D eigenvalue weighted by Crippen LogP contribution is -2.33. The average molecular weight is 181 g/mol. The van der Waals surface area contributed by atoms with Crippen molar-refractivity contribution in [3.63, 3.8) is 0 Å². The molecule has 2 aliphatic carbocycles. The lowest BCUT2D eigenvalue weighted by Gasteiger charge is -2.20. The summed E-state index contributed by atoms with van der Waals surface area (Å²) < 4.78 is 0. The predicted octanol–water partition coefficient (Wildman–Crippen LogP) is 2.67. The first kappa shape index (κ1) is 9.51. The standard InChI is InChI=1S/C12H23N/c1-8(2)12(13-3)11-9-6-4-5-7-10(9)11/h8-13H,4-7H2,1-3H3. The van der Waals surface area contributed by atoms with Gasteiger partial charge in [0.15, 0.2) is 0 Å². The highest BCUT2D eigenvalue weighted by atomic mass is 14.9. The maximum Gasteiger partial charge on any atom is 0.0121 e. The molecule has 2 rings (SSSR count). The van der Waals surface area contributed by atoms with Gasteiger partial charge in [-0.3, -0.25) is 0 Å². The molecule has 76 valence electrons. The van der Waals surface area contributed by atoms with Crippen LogP contribution in [-0.2, 0) is 0 Å². The fourth-order valence-corrected chi connectivity index (χ4v) is 3.55. The SMILES string of the molecule is CNC(C(C)C)C1C2CCCCC21. The van der Waals surface area contributed by atoms with E-state index in [0.717, 1.165) is 29.7 Å². The summed E-state index contributed by atoms with van der Waals surface area (Å²) in [5.41, 5.74) is 0. The highest BCUT2D eigenvalue weighted by Crippen LogP contribution is 2.57. The van der Waals surface area contributed by atoms with Gasteiger partial charge in [-0.15, -0.1) is 0 Å². The lowest BCUT2D eigenvalue weighted by molar-refractivity contribution is 0.360. The molecule has 0 aromatic rings. The van der Waals surface area contributed by atoms with Gasteiger partial charge >= 0.3 is 0 Å². The lowest BCUT2D eigenvalue weighted by atomic mass is 9.97. The van der Waals surface area contributed by atoms with Gasteiger partial charge in [0.25, 0.3) is 0 Å². The third kappa shape index (κ3) is 1.63. The summed E-state index contributed by atoms with van der Waals surface area (Å²) in [4.78, 5) is 0. The fraction of sp³-hybridized carbons (Fsp3) is 1.00. The summed E-state index contributed by atoms with van der Waals surface area (Å²) in [5, 5.41) is 3.52. The van der Waals surface area contributed by atoms with E-state index in [4.69, 9.17) is 0 Å². The number of rotatable bonds is 3. The van der Waals surface area contributed by atoms with E-state index in [-0.39, 0.29) is 0 Å². The molecule has 2 fully saturated rings. The molecule has 1 N–H and O–H groups in total. The highest BCUT2D eigenvalue weighted by Gasteiger charge is 2.54. The first-order valence-electron chi connectivity index (χ1n) is 5.93. The van der Waals surface area contributed by atoms with Gasteiger partial charge in [-0.05, 0) is 43.6 Å². The third-order valence-electron chi connectivity index (χ3n) is 4.19. The summed E-state index contributed by atoms with van der Waals surface area (Å²) >= 11 is 0. The zero-order chi connectivity index (χ0) is 9.42. The van der Waals surface area contributed by atoms with E-state index in [0.29, 0.717) is 0 Å². The minimum atomic E-state index is 0.785. The minimum Gasteiger partial charge on any atom is -0.316 e. The van der Waals surface area contributed by atoms with Crippen LogP contribution in [-0.4, -0.2) is 13.1 Å². The Balaban J connectivity index is 1.94. The van der Waals surface area contributed by atoms with Crippen molar-refractivity contribution in [3.05, 3.63) is 0 Å². The largest absolute Gasteiger partial charge is 0.316 e. The summed E-state index contributed by atoms with van der Waals surface area (Å²) in [6, 6.07) is 0.785. The third-order valence-corrected chi connectivity index (χ3v) is 4.19. The van der Waals surface area contributed by atoms with Crippen molar-refractivity contribution >= 4 is 0 Å².